The highest BCUT2D eigenvalue weighted by Gasteiger charge is 2.24. The first-order valence-electron chi connectivity index (χ1n) is 10.7. The molecule has 0 aliphatic heterocycles. The van der Waals surface area contributed by atoms with Gasteiger partial charge in [-0.3, -0.25) is 0 Å². The van der Waals surface area contributed by atoms with Gasteiger partial charge in [-0.2, -0.15) is 0 Å². The van der Waals surface area contributed by atoms with Gasteiger partial charge in [-0.05, 0) is 36.8 Å². The van der Waals surface area contributed by atoms with Crippen LogP contribution in [0.4, 0.5) is 5.82 Å². The fourth-order valence-corrected chi connectivity index (χ4v) is 5.54. The maximum Gasteiger partial charge on any atom is 0.147 e. The second kappa shape index (κ2) is 8.07. The summed E-state index contributed by atoms with van der Waals surface area (Å²) in [5.74, 6) is 0.961. The number of aryl methyl sites for hydroxylation is 1. The molecule has 29 heavy (non-hydrogen) atoms. The van der Waals surface area contributed by atoms with Gasteiger partial charge in [-0.25, -0.2) is 15.0 Å². The van der Waals surface area contributed by atoms with E-state index in [9.17, 15) is 0 Å². The number of hydrogen-bond donors (Lipinski definition) is 1. The molecule has 148 valence electrons. The zero-order chi connectivity index (χ0) is 19.6. The molecule has 0 spiro atoms. The van der Waals surface area contributed by atoms with E-state index < -0.39 is 0 Å². The van der Waals surface area contributed by atoms with Gasteiger partial charge >= 0.3 is 0 Å². The number of unbranched alkanes of at least 4 members (excludes halogenated alkanes) is 3. The van der Waals surface area contributed by atoms with Crippen LogP contribution in [-0.2, 0) is 12.8 Å². The van der Waals surface area contributed by atoms with Crippen LogP contribution in [0.2, 0.25) is 0 Å². The Bertz CT molecular complexity index is 1150. The fourth-order valence-electron chi connectivity index (χ4n) is 4.42. The minimum atomic E-state index is 0.959. The smallest absolute Gasteiger partial charge is 0.147 e. The van der Waals surface area contributed by atoms with Gasteiger partial charge in [-0.15, -0.1) is 11.3 Å². The van der Waals surface area contributed by atoms with Crippen molar-refractivity contribution < 1.29 is 0 Å². The summed E-state index contributed by atoms with van der Waals surface area (Å²) in [7, 11) is 0. The molecule has 1 aliphatic rings. The molecule has 0 atom stereocenters. The maximum absolute atomic E-state index is 5.14. The van der Waals surface area contributed by atoms with Crippen LogP contribution in [0, 0.1) is 0 Å². The van der Waals surface area contributed by atoms with Crippen LogP contribution < -0.4 is 5.32 Å². The summed E-state index contributed by atoms with van der Waals surface area (Å²) in [6.45, 7) is 3.20. The van der Waals surface area contributed by atoms with Gasteiger partial charge in [0.05, 0.1) is 15.9 Å². The number of nitrogens with zero attached hydrogens (tertiary/aromatic N) is 3. The molecule has 5 heteroatoms. The summed E-state index contributed by atoms with van der Waals surface area (Å²) in [6.07, 6.45) is 10.1. The number of nitrogens with one attached hydrogen (secondary N) is 1. The number of benzene rings is 1. The number of fused-ring (bicyclic) bond motifs is 5. The Labute approximate surface area is 175 Å². The molecule has 0 amide bonds. The second-order valence-electron chi connectivity index (χ2n) is 7.81. The van der Waals surface area contributed by atoms with Crippen molar-refractivity contribution in [1.29, 1.82) is 0 Å². The minimum absolute atomic E-state index is 0.959. The molecule has 5 rings (SSSR count). The maximum atomic E-state index is 5.14. The monoisotopic (exact) mass is 402 g/mol. The van der Waals surface area contributed by atoms with E-state index in [1.165, 1.54) is 54.2 Å². The third kappa shape index (κ3) is 3.38. The Morgan fingerprint density at radius 1 is 1.00 bits per heavy atom. The van der Waals surface area contributed by atoms with E-state index in [0.717, 1.165) is 45.9 Å². The zero-order valence-electron chi connectivity index (χ0n) is 16.9. The molecule has 4 aromatic rings. The molecule has 1 aromatic carbocycles. The van der Waals surface area contributed by atoms with E-state index in [1.54, 1.807) is 17.7 Å². The SMILES string of the molecule is CCCCCCNc1ncnc2c1sc1nc(-c3ccccc3)c3c(c12)CCC3. The number of pyridine rings is 1. The highest BCUT2D eigenvalue weighted by Crippen LogP contribution is 2.43. The van der Waals surface area contributed by atoms with Gasteiger partial charge in [-0.1, -0.05) is 56.5 Å². The van der Waals surface area contributed by atoms with Crippen LogP contribution in [0.3, 0.4) is 0 Å². The molecular formula is C24H26N4S. The summed E-state index contributed by atoms with van der Waals surface area (Å²) < 4.78 is 1.14. The third-order valence-corrected chi connectivity index (χ3v) is 6.92. The lowest BCUT2D eigenvalue weighted by Gasteiger charge is -2.09. The number of thiophene rings is 1. The third-order valence-electron chi connectivity index (χ3n) is 5.84. The largest absolute Gasteiger partial charge is 0.369 e. The highest BCUT2D eigenvalue weighted by atomic mass is 32.1. The number of aromatic nitrogens is 3. The van der Waals surface area contributed by atoms with E-state index in [-0.39, 0.29) is 0 Å². The summed E-state index contributed by atoms with van der Waals surface area (Å²) >= 11 is 1.73. The number of rotatable bonds is 7. The molecule has 0 fully saturated rings. The van der Waals surface area contributed by atoms with Gasteiger partial charge in [0.2, 0.25) is 0 Å². The van der Waals surface area contributed by atoms with E-state index in [0.29, 0.717) is 0 Å². The van der Waals surface area contributed by atoms with Gasteiger partial charge in [0.25, 0.3) is 0 Å². The van der Waals surface area contributed by atoms with Crippen LogP contribution in [0.5, 0.6) is 0 Å². The molecule has 0 radical (unpaired) electrons. The Balaban J connectivity index is 1.60. The van der Waals surface area contributed by atoms with Crippen LogP contribution in [0.25, 0.3) is 31.7 Å². The summed E-state index contributed by atoms with van der Waals surface area (Å²) in [5, 5.41) is 4.81. The Kier molecular flexibility index (Phi) is 5.15. The van der Waals surface area contributed by atoms with Crippen molar-refractivity contribution in [3.63, 3.8) is 0 Å². The molecule has 0 saturated carbocycles. The van der Waals surface area contributed by atoms with Crippen molar-refractivity contribution in [1.82, 2.24) is 15.0 Å². The number of hydrogen-bond acceptors (Lipinski definition) is 5. The second-order valence-corrected chi connectivity index (χ2v) is 8.81. The lowest BCUT2D eigenvalue weighted by molar-refractivity contribution is 0.684. The van der Waals surface area contributed by atoms with Gasteiger partial charge in [0.15, 0.2) is 0 Å². The highest BCUT2D eigenvalue weighted by molar-refractivity contribution is 7.26. The quantitative estimate of drug-likeness (QED) is 0.364. The van der Waals surface area contributed by atoms with Crippen LogP contribution in [0.1, 0.15) is 50.2 Å². The molecule has 1 aliphatic carbocycles. The molecule has 0 saturated heterocycles. The summed E-state index contributed by atoms with van der Waals surface area (Å²) in [4.78, 5) is 15.5. The predicted molar refractivity (Wildman–Crippen MR) is 123 cm³/mol. The average molecular weight is 403 g/mol. The van der Waals surface area contributed by atoms with Gasteiger partial charge in [0, 0.05) is 17.5 Å². The van der Waals surface area contributed by atoms with E-state index in [4.69, 9.17) is 4.98 Å². The zero-order valence-corrected chi connectivity index (χ0v) is 17.7. The van der Waals surface area contributed by atoms with Crippen molar-refractivity contribution in [3.05, 3.63) is 47.8 Å². The molecule has 1 N–H and O–H groups in total. The summed E-state index contributed by atoms with van der Waals surface area (Å²) in [6, 6.07) is 10.6. The Morgan fingerprint density at radius 3 is 2.72 bits per heavy atom. The average Bonchev–Trinajstić information content (AvgIpc) is 3.38. The fraction of sp³-hybridized carbons (Fsp3) is 0.375. The van der Waals surface area contributed by atoms with Crippen molar-refractivity contribution in [2.24, 2.45) is 0 Å². The molecule has 4 nitrogen and oxygen atoms in total. The number of anilines is 1. The van der Waals surface area contributed by atoms with Crippen molar-refractivity contribution in [2.75, 3.05) is 11.9 Å². The standard InChI is InChI=1S/C24H26N4S/c1-2-3-4-8-14-25-23-22-21(26-15-27-23)19-17-12-9-13-18(17)20(28-24(19)29-22)16-10-6-5-7-11-16/h5-7,10-11,15H,2-4,8-9,12-14H2,1H3,(H,25,26,27). The first-order valence-corrected chi connectivity index (χ1v) is 11.6. The van der Waals surface area contributed by atoms with E-state index in [2.05, 4.69) is 52.5 Å². The first-order chi connectivity index (χ1) is 14.4. The van der Waals surface area contributed by atoms with Crippen molar-refractivity contribution in [2.45, 2.75) is 51.9 Å². The van der Waals surface area contributed by atoms with Crippen molar-refractivity contribution in [3.8, 4) is 11.3 Å². The normalized spacial score (nSPS) is 13.3. The lowest BCUT2D eigenvalue weighted by atomic mass is 10.0. The van der Waals surface area contributed by atoms with Gasteiger partial charge in [0.1, 0.15) is 17.0 Å². The topological polar surface area (TPSA) is 50.7 Å². The molecular weight excluding hydrogens is 376 g/mol. The molecule has 0 unspecified atom stereocenters. The van der Waals surface area contributed by atoms with E-state index in [1.807, 2.05) is 0 Å². The Hall–Kier alpha value is -2.53. The summed E-state index contributed by atoms with van der Waals surface area (Å²) in [5.41, 5.74) is 6.30. The Morgan fingerprint density at radius 2 is 1.86 bits per heavy atom. The minimum Gasteiger partial charge on any atom is -0.369 e. The van der Waals surface area contributed by atoms with Crippen LogP contribution in [-0.4, -0.2) is 21.5 Å². The van der Waals surface area contributed by atoms with Gasteiger partial charge < -0.3 is 5.32 Å². The molecule has 3 aromatic heterocycles. The van der Waals surface area contributed by atoms with Crippen LogP contribution >= 0.6 is 11.3 Å². The van der Waals surface area contributed by atoms with Crippen LogP contribution in [0.15, 0.2) is 36.7 Å². The molecule has 3 heterocycles. The predicted octanol–water partition coefficient (Wildman–Crippen LogP) is 6.39. The lowest BCUT2D eigenvalue weighted by Crippen LogP contribution is -2.03. The molecule has 0 bridgehead atoms. The first kappa shape index (κ1) is 18.5. The van der Waals surface area contributed by atoms with E-state index >= 15 is 0 Å². The van der Waals surface area contributed by atoms with Crippen molar-refractivity contribution >= 4 is 37.6 Å².